The number of oxazole rings is 1. The molecule has 0 spiro atoms. The maximum Gasteiger partial charge on any atom is 0.298 e. The lowest BCUT2D eigenvalue weighted by molar-refractivity contribution is 0.582. The lowest BCUT2D eigenvalue weighted by atomic mass is 10.2. The summed E-state index contributed by atoms with van der Waals surface area (Å²) in [6, 6.07) is 8.35. The van der Waals surface area contributed by atoms with Gasteiger partial charge >= 0.3 is 0 Å². The number of hydrogen-bond acceptors (Lipinski definition) is 7. The molecule has 2 aromatic heterocycles. The van der Waals surface area contributed by atoms with Gasteiger partial charge in [0.2, 0.25) is 5.95 Å². The molecule has 0 bridgehead atoms. The van der Waals surface area contributed by atoms with Crippen molar-refractivity contribution in [3.8, 4) is 0 Å². The van der Waals surface area contributed by atoms with Crippen molar-refractivity contribution in [2.75, 3.05) is 48.9 Å². The van der Waals surface area contributed by atoms with Gasteiger partial charge in [0.25, 0.3) is 6.01 Å². The quantitative estimate of drug-likeness (QED) is 0.697. The van der Waals surface area contributed by atoms with Crippen LogP contribution in [0, 0.1) is 0 Å². The molecule has 0 amide bonds. The Morgan fingerprint density at radius 3 is 2.85 bits per heavy atom. The van der Waals surface area contributed by atoms with Gasteiger partial charge in [-0.3, -0.25) is 0 Å². The Balaban J connectivity index is 1.51. The fourth-order valence-corrected chi connectivity index (χ4v) is 3.34. The third kappa shape index (κ3) is 3.14. The first-order valence-electron chi connectivity index (χ1n) is 8.55. The minimum atomic E-state index is 0.297. The van der Waals surface area contributed by atoms with Gasteiger partial charge in [-0.1, -0.05) is 11.6 Å². The van der Waals surface area contributed by atoms with Gasteiger partial charge in [-0.2, -0.15) is 9.97 Å². The number of likely N-dealkylation sites (N-methyl/N-ethyl adjacent to an activating group) is 1. The lowest BCUT2D eigenvalue weighted by Gasteiger charge is -2.25. The fourth-order valence-electron chi connectivity index (χ4n) is 3.17. The van der Waals surface area contributed by atoms with Crippen molar-refractivity contribution in [3.05, 3.63) is 35.5 Å². The van der Waals surface area contributed by atoms with Crippen LogP contribution in [0.3, 0.4) is 0 Å². The Morgan fingerprint density at radius 2 is 2.04 bits per heavy atom. The van der Waals surface area contributed by atoms with E-state index in [0.29, 0.717) is 22.7 Å². The van der Waals surface area contributed by atoms with Crippen molar-refractivity contribution < 1.29 is 4.42 Å². The predicted molar refractivity (Wildman–Crippen MR) is 104 cm³/mol. The highest BCUT2D eigenvalue weighted by molar-refractivity contribution is 6.31. The number of nitrogens with zero attached hydrogens (tertiary/aromatic N) is 6. The first-order valence-corrected chi connectivity index (χ1v) is 8.93. The molecule has 1 unspecified atom stereocenters. The van der Waals surface area contributed by atoms with Crippen LogP contribution in [0.2, 0.25) is 5.02 Å². The molecule has 1 aliphatic rings. The lowest BCUT2D eigenvalue weighted by Crippen LogP contribution is -2.36. The summed E-state index contributed by atoms with van der Waals surface area (Å²) in [4.78, 5) is 19.9. The summed E-state index contributed by atoms with van der Waals surface area (Å²) in [5, 5.41) is 0.650. The van der Waals surface area contributed by atoms with E-state index in [1.807, 2.05) is 44.2 Å². The van der Waals surface area contributed by atoms with Gasteiger partial charge in [-0.05, 0) is 24.6 Å². The van der Waals surface area contributed by atoms with Crippen molar-refractivity contribution in [1.82, 2.24) is 15.0 Å². The van der Waals surface area contributed by atoms with E-state index in [1.165, 1.54) is 0 Å². The van der Waals surface area contributed by atoms with Crippen molar-refractivity contribution in [2.24, 2.45) is 0 Å². The second-order valence-electron chi connectivity index (χ2n) is 6.72. The largest absolute Gasteiger partial charge is 0.423 e. The maximum absolute atomic E-state index is 6.03. The smallest absolute Gasteiger partial charge is 0.298 e. The minimum absolute atomic E-state index is 0.297. The summed E-state index contributed by atoms with van der Waals surface area (Å²) >= 11 is 6.03. The molecule has 3 heterocycles. The highest BCUT2D eigenvalue weighted by Gasteiger charge is 2.30. The first kappa shape index (κ1) is 16.9. The van der Waals surface area contributed by atoms with Crippen molar-refractivity contribution >= 4 is 40.5 Å². The summed E-state index contributed by atoms with van der Waals surface area (Å²) in [5.74, 6) is 1.62. The number of fused-ring (bicyclic) bond motifs is 1. The molecule has 26 heavy (non-hydrogen) atoms. The van der Waals surface area contributed by atoms with Crippen molar-refractivity contribution in [2.45, 2.75) is 12.5 Å². The van der Waals surface area contributed by atoms with Crippen LogP contribution >= 0.6 is 11.6 Å². The first-order chi connectivity index (χ1) is 12.5. The molecule has 0 radical (unpaired) electrons. The van der Waals surface area contributed by atoms with Gasteiger partial charge in [-0.15, -0.1) is 0 Å². The number of hydrogen-bond donors (Lipinski definition) is 0. The van der Waals surface area contributed by atoms with Crippen LogP contribution < -0.4 is 14.7 Å². The Hall–Kier alpha value is -2.54. The second kappa shape index (κ2) is 6.64. The van der Waals surface area contributed by atoms with Gasteiger partial charge in [-0.25, -0.2) is 4.98 Å². The molecule has 4 rings (SSSR count). The predicted octanol–water partition coefficient (Wildman–Crippen LogP) is 3.05. The van der Waals surface area contributed by atoms with Crippen LogP contribution in [0.1, 0.15) is 6.42 Å². The van der Waals surface area contributed by atoms with Gasteiger partial charge < -0.3 is 19.1 Å². The molecule has 1 saturated heterocycles. The molecule has 1 atom stereocenters. The summed E-state index contributed by atoms with van der Waals surface area (Å²) in [5.41, 5.74) is 1.54. The Bertz CT molecular complexity index is 927. The molecular weight excluding hydrogens is 352 g/mol. The summed E-state index contributed by atoms with van der Waals surface area (Å²) in [6.45, 7) is 1.69. The van der Waals surface area contributed by atoms with E-state index in [9.17, 15) is 0 Å². The number of aromatic nitrogens is 3. The molecule has 7 nitrogen and oxygen atoms in total. The van der Waals surface area contributed by atoms with E-state index in [2.05, 4.69) is 24.8 Å². The SMILES string of the molecule is CN(C)c1ccnc(N(C)C2CCN(c3nc4ccc(Cl)cc4o3)C2)n1. The van der Waals surface area contributed by atoms with Crippen LogP contribution in [-0.2, 0) is 0 Å². The Morgan fingerprint density at radius 1 is 1.19 bits per heavy atom. The third-order valence-electron chi connectivity index (χ3n) is 4.72. The molecule has 3 aromatic rings. The number of rotatable bonds is 4. The maximum atomic E-state index is 6.03. The van der Waals surface area contributed by atoms with E-state index in [4.69, 9.17) is 16.0 Å². The van der Waals surface area contributed by atoms with E-state index in [1.54, 1.807) is 12.3 Å². The van der Waals surface area contributed by atoms with Gasteiger partial charge in [0.1, 0.15) is 11.3 Å². The van der Waals surface area contributed by atoms with Crippen LogP contribution in [0.5, 0.6) is 0 Å². The zero-order valence-corrected chi connectivity index (χ0v) is 15.8. The average molecular weight is 373 g/mol. The van der Waals surface area contributed by atoms with Gasteiger partial charge in [0.05, 0.1) is 6.04 Å². The third-order valence-corrected chi connectivity index (χ3v) is 4.96. The van der Waals surface area contributed by atoms with Crippen LogP contribution in [-0.4, -0.2) is 55.2 Å². The van der Waals surface area contributed by atoms with Crippen molar-refractivity contribution in [1.29, 1.82) is 0 Å². The normalized spacial score (nSPS) is 17.1. The molecule has 0 saturated carbocycles. The molecule has 1 aliphatic heterocycles. The summed E-state index contributed by atoms with van der Waals surface area (Å²) in [6.07, 6.45) is 2.79. The van der Waals surface area contributed by atoms with Crippen molar-refractivity contribution in [3.63, 3.8) is 0 Å². The van der Waals surface area contributed by atoms with Gasteiger partial charge in [0, 0.05) is 51.5 Å². The van der Waals surface area contributed by atoms with E-state index in [0.717, 1.165) is 36.8 Å². The molecule has 8 heteroatoms. The Labute approximate surface area is 157 Å². The van der Waals surface area contributed by atoms with Crippen LogP contribution in [0.25, 0.3) is 11.1 Å². The molecular formula is C18H21ClN6O. The monoisotopic (exact) mass is 372 g/mol. The highest BCUT2D eigenvalue weighted by Crippen LogP contribution is 2.28. The average Bonchev–Trinajstić information content (AvgIpc) is 3.27. The Kier molecular flexibility index (Phi) is 4.32. The minimum Gasteiger partial charge on any atom is -0.423 e. The highest BCUT2D eigenvalue weighted by atomic mass is 35.5. The number of halogens is 1. The summed E-state index contributed by atoms with van der Waals surface area (Å²) in [7, 11) is 5.99. The number of benzene rings is 1. The number of anilines is 3. The van der Waals surface area contributed by atoms with E-state index >= 15 is 0 Å². The van der Waals surface area contributed by atoms with Gasteiger partial charge in [0.15, 0.2) is 5.58 Å². The standard InChI is InChI=1S/C18H21ClN6O/c1-23(2)16-6-8-20-17(22-16)24(3)13-7-9-25(11-13)18-21-14-5-4-12(19)10-15(14)26-18/h4-6,8,10,13H,7,9,11H2,1-3H3. The van der Waals surface area contributed by atoms with E-state index in [-0.39, 0.29) is 0 Å². The molecule has 1 fully saturated rings. The van der Waals surface area contributed by atoms with Crippen LogP contribution in [0.4, 0.5) is 17.8 Å². The summed E-state index contributed by atoms with van der Waals surface area (Å²) < 4.78 is 5.89. The molecule has 136 valence electrons. The molecule has 0 aliphatic carbocycles. The van der Waals surface area contributed by atoms with Crippen LogP contribution in [0.15, 0.2) is 34.9 Å². The fraction of sp³-hybridized carbons (Fsp3) is 0.389. The molecule has 1 aromatic carbocycles. The topological polar surface area (TPSA) is 61.5 Å². The second-order valence-corrected chi connectivity index (χ2v) is 7.15. The van der Waals surface area contributed by atoms with E-state index < -0.39 is 0 Å². The zero-order valence-electron chi connectivity index (χ0n) is 15.1. The molecule has 0 N–H and O–H groups in total. The zero-order chi connectivity index (χ0) is 18.3.